The molecular weight excluding hydrogens is 291 g/mol. The summed E-state index contributed by atoms with van der Waals surface area (Å²) < 4.78 is 2.24. The maximum absolute atomic E-state index is 3.37. The second kappa shape index (κ2) is 3.56. The number of rotatable bonds is 1. The summed E-state index contributed by atoms with van der Waals surface area (Å²) in [5.74, 6) is 0. The molecule has 0 saturated heterocycles. The summed E-state index contributed by atoms with van der Waals surface area (Å²) in [6.45, 7) is 0. The van der Waals surface area contributed by atoms with Gasteiger partial charge in [-0.25, -0.2) is 0 Å². The van der Waals surface area contributed by atoms with Crippen LogP contribution in [0, 0.1) is 0 Å². The van der Waals surface area contributed by atoms with Crippen molar-refractivity contribution in [3.8, 4) is 0 Å². The predicted octanol–water partition coefficient (Wildman–Crippen LogP) is 3.38. The molecule has 0 N–H and O–H groups in total. The fraction of sp³-hybridized carbons (Fsp3) is 0.143. The van der Waals surface area contributed by atoms with Crippen molar-refractivity contribution in [2.75, 3.05) is 0 Å². The smallest absolute Gasteiger partial charge is 0.0247 e. The van der Waals surface area contributed by atoms with Crippen molar-refractivity contribution in [3.05, 3.63) is 34.3 Å². The van der Waals surface area contributed by atoms with Gasteiger partial charge in [0, 0.05) is 8.90 Å². The van der Waals surface area contributed by atoms with Crippen molar-refractivity contribution in [2.24, 2.45) is 0 Å². The molecule has 2 heteroatoms. The molecule has 1 rings (SSSR count). The molecule has 1 aromatic rings. The Kier molecular flexibility index (Phi) is 2.98. The highest BCUT2D eigenvalue weighted by Gasteiger charge is 1.86. The third kappa shape index (κ3) is 2.26. The van der Waals surface area contributed by atoms with Gasteiger partial charge >= 0.3 is 0 Å². The monoisotopic (exact) mass is 296 g/mol. The Labute approximate surface area is 76.9 Å². The average molecular weight is 297 g/mol. The van der Waals surface area contributed by atoms with Crippen molar-refractivity contribution < 1.29 is 0 Å². The molecule has 48 valence electrons. The average Bonchev–Trinajstić information content (AvgIpc) is 1.90. The highest BCUT2D eigenvalue weighted by Crippen LogP contribution is 2.12. The summed E-state index contributed by atoms with van der Waals surface area (Å²) >= 11 is 5.72. The van der Waals surface area contributed by atoms with E-state index in [1.54, 1.807) is 0 Å². The summed E-state index contributed by atoms with van der Waals surface area (Å²) in [7, 11) is 0. The Morgan fingerprint density at radius 1 is 1.22 bits per heavy atom. The second-order valence-corrected chi connectivity index (χ2v) is 3.44. The predicted molar refractivity (Wildman–Crippen MR) is 51.9 cm³/mol. The first-order valence-corrected chi connectivity index (χ1v) is 4.95. The van der Waals surface area contributed by atoms with E-state index in [-0.39, 0.29) is 0 Å². The number of halogens is 2. The molecule has 0 aliphatic carbocycles. The lowest BCUT2D eigenvalue weighted by Crippen LogP contribution is -1.72. The van der Waals surface area contributed by atoms with Crippen molar-refractivity contribution in [2.45, 2.75) is 4.43 Å². The third-order valence-electron chi connectivity index (χ3n) is 1.07. The molecule has 0 amide bonds. The van der Waals surface area contributed by atoms with E-state index in [1.165, 1.54) is 5.56 Å². The van der Waals surface area contributed by atoms with Gasteiger partial charge in [-0.05, 0) is 17.7 Å². The lowest BCUT2D eigenvalue weighted by molar-refractivity contribution is 1.44. The minimum atomic E-state index is 1.09. The molecule has 0 aromatic heterocycles. The molecule has 0 aliphatic heterocycles. The summed E-state index contributed by atoms with van der Waals surface area (Å²) in [5.41, 5.74) is 1.37. The van der Waals surface area contributed by atoms with Crippen LogP contribution >= 0.6 is 38.5 Å². The van der Waals surface area contributed by atoms with Crippen LogP contribution in [0.2, 0.25) is 0 Å². The van der Waals surface area contributed by atoms with Gasteiger partial charge in [-0.3, -0.25) is 0 Å². The van der Waals surface area contributed by atoms with Crippen LogP contribution in [0.1, 0.15) is 5.56 Å². The maximum Gasteiger partial charge on any atom is 0.0247 e. The molecule has 0 aliphatic rings. The highest BCUT2D eigenvalue weighted by atomic mass is 127. The van der Waals surface area contributed by atoms with E-state index in [9.17, 15) is 0 Å². The lowest BCUT2D eigenvalue weighted by Gasteiger charge is -1.92. The highest BCUT2D eigenvalue weighted by molar-refractivity contribution is 14.1. The second-order valence-electron chi connectivity index (χ2n) is 1.76. The van der Waals surface area contributed by atoms with Gasteiger partial charge in [0.25, 0.3) is 0 Å². The Morgan fingerprint density at radius 3 is 2.22 bits per heavy atom. The SMILES string of the molecule is Brc1ccc(CI)cc1. The van der Waals surface area contributed by atoms with Gasteiger partial charge in [0.1, 0.15) is 0 Å². The van der Waals surface area contributed by atoms with E-state index >= 15 is 0 Å². The lowest BCUT2D eigenvalue weighted by atomic mass is 10.2. The fourth-order valence-electron chi connectivity index (χ4n) is 0.573. The van der Waals surface area contributed by atoms with Gasteiger partial charge in [-0.15, -0.1) is 0 Å². The molecule has 9 heavy (non-hydrogen) atoms. The summed E-state index contributed by atoms with van der Waals surface area (Å²) in [6, 6.07) is 8.37. The topological polar surface area (TPSA) is 0 Å². The van der Waals surface area contributed by atoms with Crippen molar-refractivity contribution >= 4 is 38.5 Å². The van der Waals surface area contributed by atoms with Crippen LogP contribution in [-0.4, -0.2) is 0 Å². The minimum Gasteiger partial charge on any atom is -0.0812 e. The molecule has 0 heterocycles. The van der Waals surface area contributed by atoms with Crippen LogP contribution in [0.5, 0.6) is 0 Å². The largest absolute Gasteiger partial charge is 0.0812 e. The van der Waals surface area contributed by atoms with Gasteiger partial charge < -0.3 is 0 Å². The summed E-state index contributed by atoms with van der Waals surface area (Å²) in [6.07, 6.45) is 0. The van der Waals surface area contributed by atoms with Crippen LogP contribution in [0.15, 0.2) is 28.7 Å². The van der Waals surface area contributed by atoms with Crippen molar-refractivity contribution in [1.82, 2.24) is 0 Å². The molecule has 0 saturated carbocycles. The molecular formula is C7H6BrI. The molecule has 0 nitrogen and oxygen atoms in total. The van der Waals surface area contributed by atoms with Crippen molar-refractivity contribution in [3.63, 3.8) is 0 Å². The van der Waals surface area contributed by atoms with Crippen molar-refractivity contribution in [1.29, 1.82) is 0 Å². The zero-order valence-corrected chi connectivity index (χ0v) is 8.52. The van der Waals surface area contributed by atoms with E-state index in [2.05, 4.69) is 62.8 Å². The quantitative estimate of drug-likeness (QED) is 0.550. The Balaban J connectivity index is 2.88. The Morgan fingerprint density at radius 2 is 1.78 bits per heavy atom. The number of benzene rings is 1. The summed E-state index contributed by atoms with van der Waals surface area (Å²) in [4.78, 5) is 0. The van der Waals surface area contributed by atoms with Crippen LogP contribution in [0.25, 0.3) is 0 Å². The Bertz CT molecular complexity index is 181. The van der Waals surface area contributed by atoms with Crippen LogP contribution in [0.3, 0.4) is 0 Å². The number of hydrogen-bond donors (Lipinski definition) is 0. The number of alkyl halides is 1. The zero-order chi connectivity index (χ0) is 6.69. The van der Waals surface area contributed by atoms with E-state index < -0.39 is 0 Å². The maximum atomic E-state index is 3.37. The zero-order valence-electron chi connectivity index (χ0n) is 4.77. The van der Waals surface area contributed by atoms with Gasteiger partial charge in [-0.1, -0.05) is 50.7 Å². The molecule has 0 atom stereocenters. The first-order chi connectivity index (χ1) is 4.33. The van der Waals surface area contributed by atoms with E-state index in [1.807, 2.05) is 0 Å². The minimum absolute atomic E-state index is 1.09. The number of hydrogen-bond acceptors (Lipinski definition) is 0. The molecule has 0 unspecified atom stereocenters. The van der Waals surface area contributed by atoms with Gasteiger partial charge in [-0.2, -0.15) is 0 Å². The normalized spacial score (nSPS) is 9.56. The fourth-order valence-corrected chi connectivity index (χ4v) is 1.35. The van der Waals surface area contributed by atoms with E-state index in [0.717, 1.165) is 8.90 Å². The first kappa shape index (κ1) is 7.54. The van der Waals surface area contributed by atoms with Gasteiger partial charge in [0.15, 0.2) is 0 Å². The molecule has 0 radical (unpaired) electrons. The third-order valence-corrected chi connectivity index (χ3v) is 2.48. The van der Waals surface area contributed by atoms with Crippen LogP contribution < -0.4 is 0 Å². The van der Waals surface area contributed by atoms with Gasteiger partial charge in [0.2, 0.25) is 0 Å². The summed E-state index contributed by atoms with van der Waals surface area (Å²) in [5, 5.41) is 0. The van der Waals surface area contributed by atoms with Crippen LogP contribution in [0.4, 0.5) is 0 Å². The molecule has 1 aromatic carbocycles. The first-order valence-electron chi connectivity index (χ1n) is 2.63. The molecule has 0 bridgehead atoms. The van der Waals surface area contributed by atoms with Gasteiger partial charge in [0.05, 0.1) is 0 Å². The van der Waals surface area contributed by atoms with Crippen LogP contribution in [-0.2, 0) is 4.43 Å². The van der Waals surface area contributed by atoms with E-state index in [0.29, 0.717) is 0 Å². The molecule has 0 spiro atoms. The standard InChI is InChI=1S/C7H6BrI/c8-7-3-1-6(5-9)2-4-7/h1-4H,5H2. The van der Waals surface area contributed by atoms with E-state index in [4.69, 9.17) is 0 Å². The molecule has 0 fully saturated rings. The Hall–Kier alpha value is 0.430.